The summed E-state index contributed by atoms with van der Waals surface area (Å²) in [7, 11) is 0. The Morgan fingerprint density at radius 1 is 1.20 bits per heavy atom. The van der Waals surface area contributed by atoms with E-state index in [9.17, 15) is 13.2 Å². The number of fused-ring (bicyclic) bond motifs is 1. The van der Waals surface area contributed by atoms with Crippen molar-refractivity contribution in [2.75, 3.05) is 13.2 Å². The van der Waals surface area contributed by atoms with Gasteiger partial charge < -0.3 is 9.30 Å². The molecule has 2 aromatic rings. The lowest BCUT2D eigenvalue weighted by Gasteiger charge is -2.23. The number of alkyl halides is 3. The molecule has 0 N–H and O–H groups in total. The van der Waals surface area contributed by atoms with E-state index >= 15 is 0 Å². The molecule has 0 amide bonds. The van der Waals surface area contributed by atoms with Crippen LogP contribution in [0.5, 0.6) is 0 Å². The number of ether oxygens (including phenoxy) is 1. The number of rotatable bonds is 2. The van der Waals surface area contributed by atoms with Crippen LogP contribution in [0.25, 0.3) is 11.0 Å². The number of benzene rings is 1. The number of hydrogen-bond donors (Lipinski definition) is 0. The first kappa shape index (κ1) is 13.4. The monoisotopic (exact) mass is 284 g/mol. The molecule has 3 rings (SSSR count). The summed E-state index contributed by atoms with van der Waals surface area (Å²) >= 11 is 0. The Labute approximate surface area is 114 Å². The lowest BCUT2D eigenvalue weighted by Crippen LogP contribution is -2.23. The average molecular weight is 284 g/mol. The molecule has 1 saturated heterocycles. The summed E-state index contributed by atoms with van der Waals surface area (Å²) in [5.74, 6) is -0.590. The Morgan fingerprint density at radius 3 is 2.60 bits per heavy atom. The van der Waals surface area contributed by atoms with Crippen LogP contribution in [0.1, 0.15) is 18.7 Å². The van der Waals surface area contributed by atoms with Gasteiger partial charge in [-0.15, -0.1) is 0 Å². The molecule has 0 unspecified atom stereocenters. The van der Waals surface area contributed by atoms with Gasteiger partial charge in [0.25, 0.3) is 0 Å². The minimum Gasteiger partial charge on any atom is -0.381 e. The van der Waals surface area contributed by atoms with Crippen molar-refractivity contribution >= 4 is 11.0 Å². The number of halogens is 3. The van der Waals surface area contributed by atoms with Gasteiger partial charge in [-0.1, -0.05) is 12.1 Å². The topological polar surface area (TPSA) is 27.1 Å². The molecular formula is C14H15F3N2O. The Hall–Kier alpha value is -1.56. The van der Waals surface area contributed by atoms with Crippen LogP contribution in [0.4, 0.5) is 13.2 Å². The van der Waals surface area contributed by atoms with Crippen LogP contribution in [-0.4, -0.2) is 22.8 Å². The van der Waals surface area contributed by atoms with Crippen molar-refractivity contribution in [1.29, 1.82) is 0 Å². The third kappa shape index (κ3) is 2.52. The molecule has 0 bridgehead atoms. The molecule has 0 radical (unpaired) electrons. The van der Waals surface area contributed by atoms with E-state index in [0.717, 1.165) is 12.8 Å². The molecule has 6 heteroatoms. The quantitative estimate of drug-likeness (QED) is 0.844. The molecule has 2 heterocycles. The molecule has 1 fully saturated rings. The number of nitrogens with zero attached hydrogens (tertiary/aromatic N) is 2. The van der Waals surface area contributed by atoms with Crippen molar-refractivity contribution in [3.8, 4) is 0 Å². The first-order valence-electron chi connectivity index (χ1n) is 6.66. The molecular weight excluding hydrogens is 269 g/mol. The van der Waals surface area contributed by atoms with Gasteiger partial charge in [-0.3, -0.25) is 0 Å². The van der Waals surface area contributed by atoms with E-state index in [1.807, 2.05) is 0 Å². The van der Waals surface area contributed by atoms with Gasteiger partial charge in [0.2, 0.25) is 5.82 Å². The van der Waals surface area contributed by atoms with Crippen molar-refractivity contribution in [3.63, 3.8) is 0 Å². The SMILES string of the molecule is FC(F)(F)c1nc2ccccc2n1CC1CCOCC1. The Morgan fingerprint density at radius 2 is 1.90 bits per heavy atom. The largest absolute Gasteiger partial charge is 0.449 e. The van der Waals surface area contributed by atoms with Gasteiger partial charge in [0.05, 0.1) is 11.0 Å². The Balaban J connectivity index is 2.01. The normalized spacial score (nSPS) is 17.8. The minimum atomic E-state index is -4.43. The molecule has 108 valence electrons. The standard InChI is InChI=1S/C14H15F3N2O/c15-14(16,17)13-18-11-3-1-2-4-12(11)19(13)9-10-5-7-20-8-6-10/h1-4,10H,5-9H2. The molecule has 1 aromatic heterocycles. The zero-order chi connectivity index (χ0) is 14.2. The second-order valence-corrected chi connectivity index (χ2v) is 5.09. The third-order valence-corrected chi connectivity index (χ3v) is 3.69. The van der Waals surface area contributed by atoms with E-state index in [4.69, 9.17) is 4.74 Å². The van der Waals surface area contributed by atoms with Crippen molar-refractivity contribution < 1.29 is 17.9 Å². The number of aromatic nitrogens is 2. The molecule has 0 saturated carbocycles. The molecule has 0 atom stereocenters. The highest BCUT2D eigenvalue weighted by Crippen LogP contribution is 2.32. The van der Waals surface area contributed by atoms with Crippen LogP contribution in [0.2, 0.25) is 0 Å². The summed E-state index contributed by atoms with van der Waals surface area (Å²) in [6.07, 6.45) is -2.84. The Bertz CT molecular complexity index is 600. The summed E-state index contributed by atoms with van der Waals surface area (Å²) < 4.78 is 46.0. The first-order valence-corrected chi connectivity index (χ1v) is 6.66. The molecule has 20 heavy (non-hydrogen) atoms. The molecule has 3 nitrogen and oxygen atoms in total. The van der Waals surface area contributed by atoms with Crippen LogP contribution in [0.15, 0.2) is 24.3 Å². The zero-order valence-corrected chi connectivity index (χ0v) is 10.9. The maximum absolute atomic E-state index is 13.1. The Kier molecular flexibility index (Phi) is 3.41. The summed E-state index contributed by atoms with van der Waals surface area (Å²) in [4.78, 5) is 3.76. The van der Waals surface area contributed by atoms with Gasteiger partial charge in [0.1, 0.15) is 0 Å². The summed E-state index contributed by atoms with van der Waals surface area (Å²) in [5.41, 5.74) is 0.943. The number of para-hydroxylation sites is 2. The maximum Gasteiger partial charge on any atom is 0.449 e. The number of imidazole rings is 1. The zero-order valence-electron chi connectivity index (χ0n) is 10.9. The third-order valence-electron chi connectivity index (χ3n) is 3.69. The van der Waals surface area contributed by atoms with Crippen LogP contribution >= 0.6 is 0 Å². The second-order valence-electron chi connectivity index (χ2n) is 5.09. The predicted molar refractivity (Wildman–Crippen MR) is 68.3 cm³/mol. The van der Waals surface area contributed by atoms with E-state index in [0.29, 0.717) is 30.8 Å². The van der Waals surface area contributed by atoms with E-state index < -0.39 is 12.0 Å². The van der Waals surface area contributed by atoms with E-state index in [1.165, 1.54) is 4.57 Å². The number of hydrogen-bond acceptors (Lipinski definition) is 2. The molecule has 1 aliphatic rings. The van der Waals surface area contributed by atoms with Crippen LogP contribution in [0.3, 0.4) is 0 Å². The molecule has 1 aromatic carbocycles. The van der Waals surface area contributed by atoms with E-state index in [2.05, 4.69) is 4.98 Å². The fourth-order valence-electron chi connectivity index (χ4n) is 2.66. The summed E-state index contributed by atoms with van der Waals surface area (Å²) in [6, 6.07) is 6.75. The maximum atomic E-state index is 13.1. The lowest BCUT2D eigenvalue weighted by molar-refractivity contribution is -0.147. The van der Waals surface area contributed by atoms with Gasteiger partial charge in [-0.2, -0.15) is 13.2 Å². The van der Waals surface area contributed by atoms with Crippen molar-refractivity contribution in [2.24, 2.45) is 5.92 Å². The van der Waals surface area contributed by atoms with Crippen molar-refractivity contribution in [3.05, 3.63) is 30.1 Å². The average Bonchev–Trinajstić information content (AvgIpc) is 2.79. The molecule has 0 spiro atoms. The van der Waals surface area contributed by atoms with Crippen LogP contribution < -0.4 is 0 Å². The van der Waals surface area contributed by atoms with Gasteiger partial charge >= 0.3 is 6.18 Å². The minimum absolute atomic E-state index is 0.211. The highest BCUT2D eigenvalue weighted by atomic mass is 19.4. The van der Waals surface area contributed by atoms with Gasteiger partial charge in [0, 0.05) is 19.8 Å². The predicted octanol–water partition coefficient (Wildman–Crippen LogP) is 3.48. The highest BCUT2D eigenvalue weighted by molar-refractivity contribution is 5.76. The lowest BCUT2D eigenvalue weighted by atomic mass is 10.0. The molecule has 1 aliphatic heterocycles. The van der Waals surface area contributed by atoms with Gasteiger partial charge in [-0.05, 0) is 30.9 Å². The fourth-order valence-corrected chi connectivity index (χ4v) is 2.66. The van der Waals surface area contributed by atoms with E-state index in [-0.39, 0.29) is 5.92 Å². The smallest absolute Gasteiger partial charge is 0.381 e. The summed E-state index contributed by atoms with van der Waals surface area (Å²) in [6.45, 7) is 1.59. The van der Waals surface area contributed by atoms with Crippen molar-refractivity contribution in [2.45, 2.75) is 25.6 Å². The first-order chi connectivity index (χ1) is 9.55. The van der Waals surface area contributed by atoms with Crippen LogP contribution in [-0.2, 0) is 17.5 Å². The van der Waals surface area contributed by atoms with Crippen LogP contribution in [0, 0.1) is 5.92 Å². The summed E-state index contributed by atoms with van der Waals surface area (Å²) in [5, 5.41) is 0. The fraction of sp³-hybridized carbons (Fsp3) is 0.500. The van der Waals surface area contributed by atoms with Gasteiger partial charge in [0.15, 0.2) is 0 Å². The van der Waals surface area contributed by atoms with Gasteiger partial charge in [-0.25, -0.2) is 4.98 Å². The second kappa shape index (κ2) is 5.09. The van der Waals surface area contributed by atoms with Crippen molar-refractivity contribution in [1.82, 2.24) is 9.55 Å². The molecule has 0 aliphatic carbocycles. The highest BCUT2D eigenvalue weighted by Gasteiger charge is 2.38. The van der Waals surface area contributed by atoms with E-state index in [1.54, 1.807) is 24.3 Å².